The second kappa shape index (κ2) is 5.45. The minimum absolute atomic E-state index is 0.571. The van der Waals surface area contributed by atoms with Gasteiger partial charge in [-0.15, -0.1) is 0 Å². The Bertz CT molecular complexity index is 286. The Morgan fingerprint density at radius 1 is 1.22 bits per heavy atom. The average Bonchev–Trinajstić information content (AvgIpc) is 2.84. The van der Waals surface area contributed by atoms with Gasteiger partial charge in [0.25, 0.3) is 0 Å². The number of piperazine rings is 1. The van der Waals surface area contributed by atoms with Crippen LogP contribution in [0, 0.1) is 0 Å². The van der Waals surface area contributed by atoms with Gasteiger partial charge in [-0.25, -0.2) is 0 Å². The van der Waals surface area contributed by atoms with Crippen molar-refractivity contribution in [2.24, 2.45) is 0 Å². The van der Waals surface area contributed by atoms with Crippen LogP contribution in [-0.4, -0.2) is 73.9 Å². The fourth-order valence-electron chi connectivity index (χ4n) is 4.06. The van der Waals surface area contributed by atoms with E-state index in [0.29, 0.717) is 18.1 Å². The number of likely N-dealkylation sites (N-methyl/N-ethyl adjacent to an activating group) is 1. The molecule has 3 aliphatic rings. The predicted molar refractivity (Wildman–Crippen MR) is 72.8 cm³/mol. The molecule has 0 amide bonds. The molecule has 3 heterocycles. The van der Waals surface area contributed by atoms with Crippen molar-refractivity contribution in [3.05, 3.63) is 0 Å². The first-order chi connectivity index (χ1) is 8.79. The van der Waals surface area contributed by atoms with Gasteiger partial charge in [0.05, 0.1) is 6.61 Å². The van der Waals surface area contributed by atoms with E-state index in [2.05, 4.69) is 29.1 Å². The number of ether oxygens (including phenoxy) is 1. The van der Waals surface area contributed by atoms with Crippen LogP contribution in [0.1, 0.15) is 26.2 Å². The second-order valence-corrected chi connectivity index (χ2v) is 6.16. The van der Waals surface area contributed by atoms with E-state index in [-0.39, 0.29) is 0 Å². The number of rotatable bonds is 2. The van der Waals surface area contributed by atoms with Gasteiger partial charge in [0, 0.05) is 43.9 Å². The van der Waals surface area contributed by atoms with Gasteiger partial charge < -0.3 is 10.1 Å². The summed E-state index contributed by atoms with van der Waals surface area (Å²) < 4.78 is 5.73. The van der Waals surface area contributed by atoms with Crippen molar-refractivity contribution < 1.29 is 4.74 Å². The summed E-state index contributed by atoms with van der Waals surface area (Å²) in [5, 5.41) is 3.50. The lowest BCUT2D eigenvalue weighted by Crippen LogP contribution is -2.64. The lowest BCUT2D eigenvalue weighted by atomic mass is 9.97. The highest BCUT2D eigenvalue weighted by molar-refractivity contribution is 4.97. The molecule has 3 rings (SSSR count). The second-order valence-electron chi connectivity index (χ2n) is 6.16. The Labute approximate surface area is 111 Å². The molecule has 1 N–H and O–H groups in total. The van der Waals surface area contributed by atoms with E-state index in [1.807, 2.05) is 0 Å². The molecule has 4 nitrogen and oxygen atoms in total. The number of fused-ring (bicyclic) bond motifs is 1. The van der Waals surface area contributed by atoms with Gasteiger partial charge in [0.1, 0.15) is 0 Å². The molecule has 0 saturated carbocycles. The largest absolute Gasteiger partial charge is 0.380 e. The van der Waals surface area contributed by atoms with Crippen molar-refractivity contribution in [3.8, 4) is 0 Å². The zero-order valence-corrected chi connectivity index (χ0v) is 11.8. The fourth-order valence-corrected chi connectivity index (χ4v) is 4.06. The first-order valence-corrected chi connectivity index (χ1v) is 7.54. The fraction of sp³-hybridized carbons (Fsp3) is 1.00. The normalized spacial score (nSPS) is 43.0. The number of nitrogens with one attached hydrogen (secondary N) is 1. The molecule has 0 aromatic carbocycles. The standard InChI is InChI=1S/C14H27N3O/c1-11-8-16-6-3-4-12(16)9-17(11)14-10-18-7-5-13(14)15-2/h11-15H,3-10H2,1-2H3. The lowest BCUT2D eigenvalue weighted by Gasteiger charge is -2.49. The van der Waals surface area contributed by atoms with Crippen molar-refractivity contribution in [3.63, 3.8) is 0 Å². The summed E-state index contributed by atoms with van der Waals surface area (Å²) in [7, 11) is 2.10. The molecule has 0 radical (unpaired) electrons. The van der Waals surface area contributed by atoms with Crippen LogP contribution in [0.2, 0.25) is 0 Å². The third kappa shape index (κ3) is 2.31. The molecule has 0 aromatic heterocycles. The van der Waals surface area contributed by atoms with E-state index in [9.17, 15) is 0 Å². The summed E-state index contributed by atoms with van der Waals surface area (Å²) >= 11 is 0. The molecule has 4 atom stereocenters. The highest BCUT2D eigenvalue weighted by atomic mass is 16.5. The summed E-state index contributed by atoms with van der Waals surface area (Å²) in [4.78, 5) is 5.41. The molecule has 3 saturated heterocycles. The first-order valence-electron chi connectivity index (χ1n) is 7.54. The molecule has 0 spiro atoms. The average molecular weight is 253 g/mol. The molecule has 4 unspecified atom stereocenters. The molecule has 0 aromatic rings. The molecule has 0 bridgehead atoms. The molecule has 3 aliphatic heterocycles. The summed E-state index contributed by atoms with van der Waals surface area (Å²) in [6.45, 7) is 8.02. The molecular formula is C14H27N3O. The molecule has 0 aliphatic carbocycles. The highest BCUT2D eigenvalue weighted by Crippen LogP contribution is 2.28. The van der Waals surface area contributed by atoms with E-state index in [1.165, 1.54) is 32.5 Å². The third-order valence-electron chi connectivity index (χ3n) is 5.11. The first kappa shape index (κ1) is 12.9. The van der Waals surface area contributed by atoms with Crippen molar-refractivity contribution in [1.29, 1.82) is 0 Å². The molecule has 104 valence electrons. The van der Waals surface area contributed by atoms with Crippen LogP contribution in [0.15, 0.2) is 0 Å². The minimum atomic E-state index is 0.571. The van der Waals surface area contributed by atoms with Crippen molar-refractivity contribution in [2.45, 2.75) is 50.4 Å². The topological polar surface area (TPSA) is 27.7 Å². The maximum atomic E-state index is 5.73. The quantitative estimate of drug-likeness (QED) is 0.777. The van der Waals surface area contributed by atoms with Gasteiger partial charge in [0.15, 0.2) is 0 Å². The Kier molecular flexibility index (Phi) is 3.89. The molecule has 3 fully saturated rings. The van der Waals surface area contributed by atoms with Crippen LogP contribution >= 0.6 is 0 Å². The zero-order chi connectivity index (χ0) is 12.5. The molecule has 4 heteroatoms. The van der Waals surface area contributed by atoms with Gasteiger partial charge in [0.2, 0.25) is 0 Å². The highest BCUT2D eigenvalue weighted by Gasteiger charge is 2.40. The minimum Gasteiger partial charge on any atom is -0.380 e. The molecular weight excluding hydrogens is 226 g/mol. The van der Waals surface area contributed by atoms with Gasteiger partial charge in [-0.1, -0.05) is 0 Å². The van der Waals surface area contributed by atoms with Crippen molar-refractivity contribution in [1.82, 2.24) is 15.1 Å². The van der Waals surface area contributed by atoms with Crippen LogP contribution in [0.5, 0.6) is 0 Å². The van der Waals surface area contributed by atoms with E-state index in [1.54, 1.807) is 0 Å². The SMILES string of the molecule is CNC1CCOCC1N1CC2CCCN2CC1C. The summed E-state index contributed by atoms with van der Waals surface area (Å²) in [6.07, 6.45) is 3.93. The van der Waals surface area contributed by atoms with Crippen molar-refractivity contribution in [2.75, 3.05) is 39.9 Å². The van der Waals surface area contributed by atoms with E-state index in [0.717, 1.165) is 25.7 Å². The maximum Gasteiger partial charge on any atom is 0.0637 e. The van der Waals surface area contributed by atoms with E-state index < -0.39 is 0 Å². The summed E-state index contributed by atoms with van der Waals surface area (Å²) in [5.74, 6) is 0. The van der Waals surface area contributed by atoms with Gasteiger partial charge in [-0.2, -0.15) is 0 Å². The Morgan fingerprint density at radius 2 is 2.11 bits per heavy atom. The number of hydrogen-bond donors (Lipinski definition) is 1. The maximum absolute atomic E-state index is 5.73. The lowest BCUT2D eigenvalue weighted by molar-refractivity contribution is -0.0479. The van der Waals surface area contributed by atoms with Crippen LogP contribution in [0.3, 0.4) is 0 Å². The predicted octanol–water partition coefficient (Wildman–Crippen LogP) is 0.532. The van der Waals surface area contributed by atoms with Crippen LogP contribution < -0.4 is 5.32 Å². The van der Waals surface area contributed by atoms with Crippen LogP contribution in [-0.2, 0) is 4.74 Å². The third-order valence-corrected chi connectivity index (χ3v) is 5.11. The molecule has 18 heavy (non-hydrogen) atoms. The van der Waals surface area contributed by atoms with Crippen molar-refractivity contribution >= 4 is 0 Å². The Morgan fingerprint density at radius 3 is 2.94 bits per heavy atom. The summed E-state index contributed by atoms with van der Waals surface area (Å²) in [6, 6.07) is 2.65. The van der Waals surface area contributed by atoms with Crippen LogP contribution in [0.25, 0.3) is 0 Å². The van der Waals surface area contributed by atoms with Gasteiger partial charge in [-0.3, -0.25) is 9.80 Å². The Balaban J connectivity index is 1.69. The van der Waals surface area contributed by atoms with Crippen LogP contribution in [0.4, 0.5) is 0 Å². The Hall–Kier alpha value is -0.160. The number of hydrogen-bond acceptors (Lipinski definition) is 4. The van der Waals surface area contributed by atoms with Gasteiger partial charge in [-0.05, 0) is 39.8 Å². The van der Waals surface area contributed by atoms with E-state index in [4.69, 9.17) is 4.74 Å². The van der Waals surface area contributed by atoms with Gasteiger partial charge >= 0.3 is 0 Å². The smallest absolute Gasteiger partial charge is 0.0637 e. The van der Waals surface area contributed by atoms with E-state index >= 15 is 0 Å². The summed E-state index contributed by atoms with van der Waals surface area (Å²) in [5.41, 5.74) is 0. The monoisotopic (exact) mass is 253 g/mol. The zero-order valence-electron chi connectivity index (χ0n) is 11.8. The number of nitrogens with zero attached hydrogens (tertiary/aromatic N) is 2.